The maximum atomic E-state index is 11.3. The van der Waals surface area contributed by atoms with Crippen molar-refractivity contribution in [1.29, 1.82) is 0 Å². The van der Waals surface area contributed by atoms with E-state index >= 15 is 0 Å². The number of rotatable bonds is 5. The SMILES string of the molecule is CC(=O)c1ccc(C(O)C(O)CCS)cc1C. The van der Waals surface area contributed by atoms with Crippen molar-refractivity contribution in [3.8, 4) is 0 Å². The molecule has 0 saturated carbocycles. The molecule has 1 rings (SSSR count). The molecule has 0 saturated heterocycles. The monoisotopic (exact) mass is 254 g/mol. The van der Waals surface area contributed by atoms with E-state index in [1.807, 2.05) is 6.92 Å². The first-order valence-electron chi connectivity index (χ1n) is 5.56. The van der Waals surface area contributed by atoms with Crippen LogP contribution in [0, 0.1) is 6.92 Å². The second-order valence-corrected chi connectivity index (χ2v) is 4.60. The molecule has 0 heterocycles. The van der Waals surface area contributed by atoms with E-state index < -0.39 is 12.2 Å². The number of ketones is 1. The predicted molar refractivity (Wildman–Crippen MR) is 70.6 cm³/mol. The van der Waals surface area contributed by atoms with Gasteiger partial charge in [0.25, 0.3) is 0 Å². The van der Waals surface area contributed by atoms with E-state index in [-0.39, 0.29) is 5.78 Å². The summed E-state index contributed by atoms with van der Waals surface area (Å²) in [5.41, 5.74) is 2.08. The summed E-state index contributed by atoms with van der Waals surface area (Å²) >= 11 is 4.01. The van der Waals surface area contributed by atoms with E-state index in [9.17, 15) is 15.0 Å². The Morgan fingerprint density at radius 3 is 2.53 bits per heavy atom. The molecule has 0 amide bonds. The fraction of sp³-hybridized carbons (Fsp3) is 0.462. The van der Waals surface area contributed by atoms with Gasteiger partial charge in [0.15, 0.2) is 5.78 Å². The zero-order chi connectivity index (χ0) is 13.0. The number of hydrogen-bond donors (Lipinski definition) is 3. The summed E-state index contributed by atoms with van der Waals surface area (Å²) in [5.74, 6) is 0.516. The Hall–Kier alpha value is -0.840. The van der Waals surface area contributed by atoms with Gasteiger partial charge in [0.05, 0.1) is 6.10 Å². The highest BCUT2D eigenvalue weighted by Crippen LogP contribution is 2.22. The Morgan fingerprint density at radius 1 is 1.41 bits per heavy atom. The van der Waals surface area contributed by atoms with Crippen molar-refractivity contribution in [2.75, 3.05) is 5.75 Å². The summed E-state index contributed by atoms with van der Waals surface area (Å²) in [6, 6.07) is 5.10. The standard InChI is InChI=1S/C13H18O3S/c1-8-7-10(3-4-11(8)9(2)14)13(16)12(15)5-6-17/h3-4,7,12-13,15-17H,5-6H2,1-2H3. The van der Waals surface area contributed by atoms with Gasteiger partial charge in [-0.1, -0.05) is 18.2 Å². The molecule has 0 fully saturated rings. The van der Waals surface area contributed by atoms with E-state index in [0.29, 0.717) is 23.3 Å². The lowest BCUT2D eigenvalue weighted by molar-refractivity contribution is 0.0172. The molecule has 3 nitrogen and oxygen atoms in total. The molecule has 2 N–H and O–H groups in total. The van der Waals surface area contributed by atoms with E-state index in [0.717, 1.165) is 5.56 Å². The highest BCUT2D eigenvalue weighted by molar-refractivity contribution is 7.80. The van der Waals surface area contributed by atoms with E-state index in [4.69, 9.17) is 0 Å². The minimum atomic E-state index is -0.929. The second-order valence-electron chi connectivity index (χ2n) is 4.16. The average Bonchev–Trinajstić information content (AvgIpc) is 2.27. The van der Waals surface area contributed by atoms with Gasteiger partial charge in [-0.25, -0.2) is 0 Å². The number of benzene rings is 1. The average molecular weight is 254 g/mol. The van der Waals surface area contributed by atoms with Crippen LogP contribution in [0.2, 0.25) is 0 Å². The van der Waals surface area contributed by atoms with Gasteiger partial charge in [0.2, 0.25) is 0 Å². The summed E-state index contributed by atoms with van der Waals surface area (Å²) in [4.78, 5) is 11.3. The highest BCUT2D eigenvalue weighted by atomic mass is 32.1. The summed E-state index contributed by atoms with van der Waals surface area (Å²) < 4.78 is 0. The molecule has 94 valence electrons. The number of carbonyl (C=O) groups is 1. The summed E-state index contributed by atoms with van der Waals surface area (Å²) in [7, 11) is 0. The Kier molecular flexibility index (Phi) is 5.18. The molecular formula is C13H18O3S. The Bertz CT molecular complexity index is 404. The molecule has 2 unspecified atom stereocenters. The highest BCUT2D eigenvalue weighted by Gasteiger charge is 2.18. The van der Waals surface area contributed by atoms with Crippen LogP contribution in [0.1, 0.15) is 40.9 Å². The number of thiol groups is 1. The van der Waals surface area contributed by atoms with Crippen molar-refractivity contribution in [2.24, 2.45) is 0 Å². The van der Waals surface area contributed by atoms with Crippen LogP contribution >= 0.6 is 12.6 Å². The molecule has 0 spiro atoms. The van der Waals surface area contributed by atoms with Crippen LogP contribution in [0.15, 0.2) is 18.2 Å². The molecule has 0 aromatic heterocycles. The number of hydrogen-bond acceptors (Lipinski definition) is 4. The molecule has 1 aromatic rings. The molecule has 0 bridgehead atoms. The Labute approximate surface area is 107 Å². The minimum absolute atomic E-state index is 0.000513. The number of Topliss-reactive ketones (excluding diaryl/α,β-unsaturated/α-hetero) is 1. The molecular weight excluding hydrogens is 236 g/mol. The topological polar surface area (TPSA) is 57.5 Å². The molecule has 0 aliphatic heterocycles. The predicted octanol–water partition coefficient (Wildman–Crippen LogP) is 1.91. The van der Waals surface area contributed by atoms with Gasteiger partial charge in [-0.3, -0.25) is 4.79 Å². The van der Waals surface area contributed by atoms with Crippen LogP contribution in [-0.2, 0) is 0 Å². The normalized spacial score (nSPS) is 14.4. The van der Waals surface area contributed by atoms with Gasteiger partial charge in [-0.15, -0.1) is 0 Å². The number of aryl methyl sites for hydroxylation is 1. The van der Waals surface area contributed by atoms with Gasteiger partial charge < -0.3 is 10.2 Å². The molecule has 0 aliphatic rings. The van der Waals surface area contributed by atoms with Crippen molar-refractivity contribution < 1.29 is 15.0 Å². The van der Waals surface area contributed by atoms with E-state index in [1.165, 1.54) is 6.92 Å². The Balaban J connectivity index is 2.93. The Morgan fingerprint density at radius 2 is 2.06 bits per heavy atom. The van der Waals surface area contributed by atoms with Gasteiger partial charge in [0.1, 0.15) is 6.10 Å². The zero-order valence-corrected chi connectivity index (χ0v) is 10.9. The van der Waals surface area contributed by atoms with Crippen molar-refractivity contribution in [2.45, 2.75) is 32.5 Å². The van der Waals surface area contributed by atoms with E-state index in [1.54, 1.807) is 18.2 Å². The van der Waals surface area contributed by atoms with Crippen LogP contribution in [0.5, 0.6) is 0 Å². The summed E-state index contributed by atoms with van der Waals surface area (Å²) in [6.07, 6.45) is -1.32. The van der Waals surface area contributed by atoms with Gasteiger partial charge in [-0.2, -0.15) is 12.6 Å². The van der Waals surface area contributed by atoms with Crippen molar-refractivity contribution >= 4 is 18.4 Å². The number of carbonyl (C=O) groups excluding carboxylic acids is 1. The first-order chi connectivity index (χ1) is 7.97. The maximum absolute atomic E-state index is 11.3. The van der Waals surface area contributed by atoms with Crippen LogP contribution in [0.25, 0.3) is 0 Å². The van der Waals surface area contributed by atoms with Crippen LogP contribution in [0.4, 0.5) is 0 Å². The van der Waals surface area contributed by atoms with Gasteiger partial charge >= 0.3 is 0 Å². The largest absolute Gasteiger partial charge is 0.390 e. The first-order valence-corrected chi connectivity index (χ1v) is 6.19. The fourth-order valence-corrected chi connectivity index (χ4v) is 2.04. The lowest BCUT2D eigenvalue weighted by Crippen LogP contribution is -2.19. The third-order valence-electron chi connectivity index (χ3n) is 2.76. The van der Waals surface area contributed by atoms with Crippen molar-refractivity contribution in [3.63, 3.8) is 0 Å². The first kappa shape index (κ1) is 14.2. The van der Waals surface area contributed by atoms with Crippen LogP contribution in [0.3, 0.4) is 0 Å². The molecule has 17 heavy (non-hydrogen) atoms. The second kappa shape index (κ2) is 6.19. The van der Waals surface area contributed by atoms with Crippen molar-refractivity contribution in [3.05, 3.63) is 34.9 Å². The van der Waals surface area contributed by atoms with Crippen LogP contribution in [-0.4, -0.2) is 27.9 Å². The van der Waals surface area contributed by atoms with Gasteiger partial charge in [0, 0.05) is 5.56 Å². The van der Waals surface area contributed by atoms with Crippen LogP contribution < -0.4 is 0 Å². The van der Waals surface area contributed by atoms with E-state index in [2.05, 4.69) is 12.6 Å². The quantitative estimate of drug-likeness (QED) is 0.556. The third kappa shape index (κ3) is 3.56. The minimum Gasteiger partial charge on any atom is -0.390 e. The third-order valence-corrected chi connectivity index (χ3v) is 3.02. The molecule has 0 aliphatic carbocycles. The summed E-state index contributed by atoms with van der Waals surface area (Å²) in [6.45, 7) is 3.33. The van der Waals surface area contributed by atoms with Crippen molar-refractivity contribution in [1.82, 2.24) is 0 Å². The molecule has 2 atom stereocenters. The number of aliphatic hydroxyl groups excluding tert-OH is 2. The molecule has 4 heteroatoms. The number of aliphatic hydroxyl groups is 2. The fourth-order valence-electron chi connectivity index (χ4n) is 1.78. The molecule has 1 aromatic carbocycles. The summed E-state index contributed by atoms with van der Waals surface area (Å²) in [5, 5.41) is 19.6. The smallest absolute Gasteiger partial charge is 0.160 e. The lowest BCUT2D eigenvalue weighted by atomic mass is 9.97. The maximum Gasteiger partial charge on any atom is 0.160 e. The molecule has 0 radical (unpaired) electrons. The lowest BCUT2D eigenvalue weighted by Gasteiger charge is -2.18. The zero-order valence-electron chi connectivity index (χ0n) is 10.1. The van der Waals surface area contributed by atoms with Gasteiger partial charge in [-0.05, 0) is 37.1 Å².